The fourth-order valence-corrected chi connectivity index (χ4v) is 8.56. The molecule has 198 valence electrons. The van der Waals surface area contributed by atoms with Gasteiger partial charge in [0, 0.05) is 26.6 Å². The van der Waals surface area contributed by atoms with Crippen molar-refractivity contribution in [2.45, 2.75) is 19.3 Å². The highest BCUT2D eigenvalue weighted by Gasteiger charge is 2.37. The van der Waals surface area contributed by atoms with Crippen LogP contribution in [0, 0.1) is 0 Å². The van der Waals surface area contributed by atoms with E-state index in [9.17, 15) is 0 Å². The van der Waals surface area contributed by atoms with E-state index in [1.165, 1.54) is 53.9 Å². The van der Waals surface area contributed by atoms with Gasteiger partial charge in [-0.05, 0) is 49.9 Å². The smallest absolute Gasteiger partial charge is 0.161 e. The highest BCUT2D eigenvalue weighted by molar-refractivity contribution is 7.26. The number of hydrogen-bond acceptors (Lipinski definition) is 3. The number of nitrogens with zero attached hydrogens (tertiary/aromatic N) is 2. The van der Waals surface area contributed by atoms with E-state index in [1.54, 1.807) is 0 Å². The quantitative estimate of drug-likeness (QED) is 0.199. The number of rotatable bonds is 2. The maximum absolute atomic E-state index is 5.40. The first-order valence-electron chi connectivity index (χ1n) is 14.4. The van der Waals surface area contributed by atoms with Crippen LogP contribution in [0.3, 0.4) is 0 Å². The van der Waals surface area contributed by atoms with Crippen LogP contribution in [-0.2, 0) is 5.41 Å². The standard InChI is InChI=1S/C39H26N2S/c1-39(2)32-19-11-10-18-28(32)29-20-21-30-35-37(42-36(30)33(29)39)34(23-12-4-3-5-13-23)40-38(41-35)31-22-24-14-6-7-15-25(24)26-16-8-9-17-27(26)31/h3-22H,1-2H3. The first kappa shape index (κ1) is 23.8. The lowest BCUT2D eigenvalue weighted by atomic mass is 9.82. The molecule has 8 aromatic rings. The van der Waals surface area contributed by atoms with Gasteiger partial charge in [-0.1, -0.05) is 129 Å². The first-order valence-corrected chi connectivity index (χ1v) is 15.2. The molecule has 6 aromatic carbocycles. The van der Waals surface area contributed by atoms with Gasteiger partial charge in [-0.25, -0.2) is 9.97 Å². The molecule has 1 aliphatic carbocycles. The lowest BCUT2D eigenvalue weighted by Crippen LogP contribution is -2.14. The average Bonchev–Trinajstić information content (AvgIpc) is 3.53. The van der Waals surface area contributed by atoms with E-state index >= 15 is 0 Å². The summed E-state index contributed by atoms with van der Waals surface area (Å²) < 4.78 is 2.46. The lowest BCUT2D eigenvalue weighted by Gasteiger charge is -2.21. The van der Waals surface area contributed by atoms with Gasteiger partial charge in [-0.2, -0.15) is 0 Å². The van der Waals surface area contributed by atoms with Crippen molar-refractivity contribution in [3.05, 3.63) is 132 Å². The summed E-state index contributed by atoms with van der Waals surface area (Å²) >= 11 is 1.85. The van der Waals surface area contributed by atoms with Crippen LogP contribution in [0.5, 0.6) is 0 Å². The van der Waals surface area contributed by atoms with E-state index < -0.39 is 0 Å². The third-order valence-electron chi connectivity index (χ3n) is 9.05. The van der Waals surface area contributed by atoms with Crippen molar-refractivity contribution in [2.75, 3.05) is 0 Å². The summed E-state index contributed by atoms with van der Waals surface area (Å²) in [5, 5.41) is 6.05. The Bertz CT molecular complexity index is 2380. The van der Waals surface area contributed by atoms with Crippen molar-refractivity contribution in [3.63, 3.8) is 0 Å². The fraction of sp³-hybridized carbons (Fsp3) is 0.0769. The minimum Gasteiger partial charge on any atom is -0.226 e. The number of aromatic nitrogens is 2. The molecule has 0 aliphatic heterocycles. The van der Waals surface area contributed by atoms with E-state index in [0.29, 0.717) is 0 Å². The Morgan fingerprint density at radius 2 is 1.26 bits per heavy atom. The van der Waals surface area contributed by atoms with E-state index in [1.807, 2.05) is 11.3 Å². The van der Waals surface area contributed by atoms with Gasteiger partial charge >= 0.3 is 0 Å². The topological polar surface area (TPSA) is 25.8 Å². The third kappa shape index (κ3) is 3.20. The van der Waals surface area contributed by atoms with Crippen LogP contribution in [0.25, 0.3) is 75.6 Å². The van der Waals surface area contributed by atoms with Crippen LogP contribution in [0.15, 0.2) is 121 Å². The third-order valence-corrected chi connectivity index (χ3v) is 10.3. The molecule has 0 N–H and O–H groups in total. The summed E-state index contributed by atoms with van der Waals surface area (Å²) in [5.74, 6) is 0.769. The van der Waals surface area contributed by atoms with E-state index in [0.717, 1.165) is 32.9 Å². The van der Waals surface area contributed by atoms with Crippen molar-refractivity contribution in [2.24, 2.45) is 0 Å². The molecular weight excluding hydrogens is 529 g/mol. The van der Waals surface area contributed by atoms with Crippen molar-refractivity contribution in [3.8, 4) is 33.8 Å². The monoisotopic (exact) mass is 554 g/mol. The molecule has 2 heterocycles. The van der Waals surface area contributed by atoms with Crippen LogP contribution in [0.4, 0.5) is 0 Å². The van der Waals surface area contributed by atoms with Crippen molar-refractivity contribution < 1.29 is 0 Å². The van der Waals surface area contributed by atoms with Crippen LogP contribution in [0.1, 0.15) is 25.0 Å². The zero-order valence-electron chi connectivity index (χ0n) is 23.3. The molecule has 2 nitrogen and oxygen atoms in total. The molecule has 0 amide bonds. The molecule has 0 radical (unpaired) electrons. The molecule has 1 aliphatic rings. The molecule has 42 heavy (non-hydrogen) atoms. The Morgan fingerprint density at radius 1 is 0.548 bits per heavy atom. The van der Waals surface area contributed by atoms with Crippen molar-refractivity contribution in [1.82, 2.24) is 9.97 Å². The predicted molar refractivity (Wildman–Crippen MR) is 178 cm³/mol. The molecule has 0 unspecified atom stereocenters. The Morgan fingerprint density at radius 3 is 2.12 bits per heavy atom. The highest BCUT2D eigenvalue weighted by atomic mass is 32.1. The van der Waals surface area contributed by atoms with Crippen LogP contribution in [0.2, 0.25) is 0 Å². The first-order chi connectivity index (χ1) is 20.6. The summed E-state index contributed by atoms with van der Waals surface area (Å²) in [5.41, 5.74) is 9.59. The van der Waals surface area contributed by atoms with E-state index in [4.69, 9.17) is 9.97 Å². The van der Waals surface area contributed by atoms with Gasteiger partial charge in [0.1, 0.15) is 0 Å². The van der Waals surface area contributed by atoms with Crippen LogP contribution >= 0.6 is 11.3 Å². The zero-order valence-corrected chi connectivity index (χ0v) is 24.2. The van der Waals surface area contributed by atoms with Gasteiger partial charge in [0.15, 0.2) is 5.82 Å². The second-order valence-electron chi connectivity index (χ2n) is 11.8. The van der Waals surface area contributed by atoms with E-state index in [-0.39, 0.29) is 5.41 Å². The fourth-order valence-electron chi connectivity index (χ4n) is 7.10. The summed E-state index contributed by atoms with van der Waals surface area (Å²) in [6, 6.07) is 43.6. The van der Waals surface area contributed by atoms with E-state index in [2.05, 4.69) is 135 Å². The van der Waals surface area contributed by atoms with Crippen LogP contribution < -0.4 is 0 Å². The summed E-state index contributed by atoms with van der Waals surface area (Å²) in [6.07, 6.45) is 0. The number of benzene rings is 6. The summed E-state index contributed by atoms with van der Waals surface area (Å²) in [7, 11) is 0. The Balaban J connectivity index is 1.41. The molecule has 0 atom stereocenters. The molecule has 9 rings (SSSR count). The maximum atomic E-state index is 5.40. The lowest BCUT2D eigenvalue weighted by molar-refractivity contribution is 0.667. The number of hydrogen-bond donors (Lipinski definition) is 0. The average molecular weight is 555 g/mol. The predicted octanol–water partition coefficient (Wildman–Crippen LogP) is 10.8. The highest BCUT2D eigenvalue weighted by Crippen LogP contribution is 2.54. The van der Waals surface area contributed by atoms with Gasteiger partial charge in [0.25, 0.3) is 0 Å². The molecule has 0 saturated carbocycles. The second kappa shape index (κ2) is 8.58. The molecule has 0 fully saturated rings. The van der Waals surface area contributed by atoms with Crippen LogP contribution in [-0.4, -0.2) is 9.97 Å². The largest absolute Gasteiger partial charge is 0.226 e. The van der Waals surface area contributed by atoms with Gasteiger partial charge in [-0.3, -0.25) is 0 Å². The van der Waals surface area contributed by atoms with Gasteiger partial charge in [0.2, 0.25) is 0 Å². The molecule has 2 aromatic heterocycles. The Labute approximate surface area is 247 Å². The number of fused-ring (bicyclic) bond motifs is 10. The Kier molecular flexibility index (Phi) is 4.86. The minimum atomic E-state index is -0.0932. The molecule has 0 spiro atoms. The minimum absolute atomic E-state index is 0.0932. The molecule has 0 saturated heterocycles. The molecule has 3 heteroatoms. The summed E-state index contributed by atoms with van der Waals surface area (Å²) in [6.45, 7) is 4.72. The molecule has 0 bridgehead atoms. The molecular formula is C39H26N2S. The zero-order chi connectivity index (χ0) is 28.0. The van der Waals surface area contributed by atoms with Crippen molar-refractivity contribution in [1.29, 1.82) is 0 Å². The summed E-state index contributed by atoms with van der Waals surface area (Å²) in [4.78, 5) is 10.8. The van der Waals surface area contributed by atoms with Gasteiger partial charge in [-0.15, -0.1) is 11.3 Å². The van der Waals surface area contributed by atoms with Crippen molar-refractivity contribution >= 4 is 53.2 Å². The SMILES string of the molecule is CC1(C)c2ccccc2-c2ccc3c(sc4c(-c5ccccc5)nc(-c5cc6ccccc6c6ccccc56)nc43)c21. The second-order valence-corrected chi connectivity index (χ2v) is 12.8. The maximum Gasteiger partial charge on any atom is 0.161 e. The number of thiophene rings is 1. The normalized spacial score (nSPS) is 13.7. The Hall–Kier alpha value is -4.86. The van der Waals surface area contributed by atoms with Gasteiger partial charge in [0.05, 0.1) is 15.9 Å². The van der Waals surface area contributed by atoms with Gasteiger partial charge < -0.3 is 0 Å².